The van der Waals surface area contributed by atoms with E-state index < -0.39 is 0 Å². The van der Waals surface area contributed by atoms with E-state index in [0.29, 0.717) is 35.3 Å². The first-order valence-corrected chi connectivity index (χ1v) is 8.08. The Bertz CT molecular complexity index is 706. The molecule has 0 atom stereocenters. The molecule has 1 aliphatic heterocycles. The molecule has 3 rings (SSSR count). The predicted molar refractivity (Wildman–Crippen MR) is 89.1 cm³/mol. The number of methoxy groups -OCH3 is 1. The number of hydrogen-bond acceptors (Lipinski definition) is 3. The number of benzene rings is 1. The summed E-state index contributed by atoms with van der Waals surface area (Å²) in [5, 5.41) is 0.539. The molecule has 6 heteroatoms. The summed E-state index contributed by atoms with van der Waals surface area (Å²) >= 11 is 6.03. The van der Waals surface area contributed by atoms with Gasteiger partial charge in [0.05, 0.1) is 12.7 Å². The van der Waals surface area contributed by atoms with Crippen molar-refractivity contribution in [1.82, 2.24) is 14.5 Å². The molecule has 1 aliphatic rings. The lowest BCUT2D eigenvalue weighted by Crippen LogP contribution is -2.38. The van der Waals surface area contributed by atoms with E-state index in [1.54, 1.807) is 25.3 Å². The number of amides is 1. The quantitative estimate of drug-likeness (QED) is 0.867. The van der Waals surface area contributed by atoms with E-state index in [2.05, 4.69) is 9.55 Å². The Hall–Kier alpha value is -2.01. The topological polar surface area (TPSA) is 47.4 Å². The second-order valence-electron chi connectivity index (χ2n) is 5.81. The molecule has 1 aromatic heterocycles. The Labute approximate surface area is 140 Å². The fourth-order valence-corrected chi connectivity index (χ4v) is 3.30. The number of carbonyl (C=O) groups excluding carboxylic acids is 1. The number of halogens is 1. The second kappa shape index (κ2) is 6.62. The molecule has 0 radical (unpaired) electrons. The molecule has 0 N–H and O–H groups in total. The van der Waals surface area contributed by atoms with Crippen LogP contribution in [0, 0.1) is 0 Å². The molecule has 1 aromatic carbocycles. The number of rotatable bonds is 3. The maximum absolute atomic E-state index is 12.8. The standard InChI is InChI=1S/C17H20ClN3O2/c1-20-10-7-19-16(20)12-5-8-21(9-6-12)17(22)14-11-13(18)3-4-15(14)23-2/h3-4,7,10-12H,5-6,8-9H2,1-2H3. The Balaban J connectivity index is 1.71. The summed E-state index contributed by atoms with van der Waals surface area (Å²) in [5.41, 5.74) is 0.524. The molecule has 0 unspecified atom stereocenters. The minimum atomic E-state index is -0.0253. The van der Waals surface area contributed by atoms with Crippen LogP contribution in [0.4, 0.5) is 0 Å². The molecule has 1 amide bonds. The van der Waals surface area contributed by atoms with Crippen molar-refractivity contribution in [3.8, 4) is 5.75 Å². The van der Waals surface area contributed by atoms with Gasteiger partial charge in [0.15, 0.2) is 0 Å². The van der Waals surface area contributed by atoms with Gasteiger partial charge in [-0.05, 0) is 31.0 Å². The third kappa shape index (κ3) is 3.20. The van der Waals surface area contributed by atoms with E-state index in [1.165, 1.54) is 0 Å². The summed E-state index contributed by atoms with van der Waals surface area (Å²) in [6.45, 7) is 1.43. The number of imidazole rings is 1. The zero-order valence-electron chi connectivity index (χ0n) is 13.3. The minimum Gasteiger partial charge on any atom is -0.496 e. The SMILES string of the molecule is COc1ccc(Cl)cc1C(=O)N1CCC(c2nccn2C)CC1. The van der Waals surface area contributed by atoms with Gasteiger partial charge in [0, 0.05) is 43.5 Å². The molecular formula is C17H20ClN3O2. The first-order valence-electron chi connectivity index (χ1n) is 7.70. The number of piperidine rings is 1. The number of likely N-dealkylation sites (tertiary alicyclic amines) is 1. The van der Waals surface area contributed by atoms with Gasteiger partial charge in [-0.1, -0.05) is 11.6 Å². The van der Waals surface area contributed by atoms with E-state index >= 15 is 0 Å². The van der Waals surface area contributed by atoms with Crippen molar-refractivity contribution in [3.05, 3.63) is 47.0 Å². The summed E-state index contributed by atoms with van der Waals surface area (Å²) in [6.07, 6.45) is 5.62. The van der Waals surface area contributed by atoms with Gasteiger partial charge in [-0.3, -0.25) is 4.79 Å². The number of aromatic nitrogens is 2. The molecule has 23 heavy (non-hydrogen) atoms. The van der Waals surface area contributed by atoms with Gasteiger partial charge in [-0.25, -0.2) is 4.98 Å². The van der Waals surface area contributed by atoms with Gasteiger partial charge in [-0.15, -0.1) is 0 Å². The smallest absolute Gasteiger partial charge is 0.257 e. The van der Waals surface area contributed by atoms with E-state index in [9.17, 15) is 4.79 Å². The van der Waals surface area contributed by atoms with E-state index in [4.69, 9.17) is 16.3 Å². The Morgan fingerprint density at radius 2 is 2.09 bits per heavy atom. The van der Waals surface area contributed by atoms with E-state index in [0.717, 1.165) is 18.7 Å². The zero-order valence-corrected chi connectivity index (χ0v) is 14.1. The Morgan fingerprint density at radius 3 is 2.70 bits per heavy atom. The Morgan fingerprint density at radius 1 is 1.35 bits per heavy atom. The number of aryl methyl sites for hydroxylation is 1. The van der Waals surface area contributed by atoms with Crippen LogP contribution in [0.3, 0.4) is 0 Å². The lowest BCUT2D eigenvalue weighted by molar-refractivity contribution is 0.0707. The van der Waals surface area contributed by atoms with Crippen molar-refractivity contribution in [2.24, 2.45) is 7.05 Å². The first-order chi connectivity index (χ1) is 11.1. The highest BCUT2D eigenvalue weighted by atomic mass is 35.5. The highest BCUT2D eigenvalue weighted by Crippen LogP contribution is 2.29. The van der Waals surface area contributed by atoms with Crippen molar-refractivity contribution in [1.29, 1.82) is 0 Å². The van der Waals surface area contributed by atoms with Gasteiger partial charge in [0.1, 0.15) is 11.6 Å². The van der Waals surface area contributed by atoms with Crippen LogP contribution in [-0.2, 0) is 7.05 Å². The molecule has 0 bridgehead atoms. The van der Waals surface area contributed by atoms with Gasteiger partial charge < -0.3 is 14.2 Å². The van der Waals surface area contributed by atoms with Crippen LogP contribution in [0.25, 0.3) is 0 Å². The van der Waals surface area contributed by atoms with Crippen molar-refractivity contribution in [2.45, 2.75) is 18.8 Å². The van der Waals surface area contributed by atoms with Crippen LogP contribution in [0.1, 0.15) is 34.9 Å². The van der Waals surface area contributed by atoms with Crippen LogP contribution in [0.15, 0.2) is 30.6 Å². The largest absolute Gasteiger partial charge is 0.496 e. The van der Waals surface area contributed by atoms with E-state index in [1.807, 2.05) is 24.3 Å². The van der Waals surface area contributed by atoms with Crippen LogP contribution in [0.5, 0.6) is 5.75 Å². The number of hydrogen-bond donors (Lipinski definition) is 0. The monoisotopic (exact) mass is 333 g/mol. The van der Waals surface area contributed by atoms with Crippen molar-refractivity contribution < 1.29 is 9.53 Å². The summed E-state index contributed by atoms with van der Waals surface area (Å²) in [4.78, 5) is 19.1. The third-order valence-corrected chi connectivity index (χ3v) is 4.63. The average Bonchev–Trinajstić information content (AvgIpc) is 3.00. The molecule has 0 saturated carbocycles. The van der Waals surface area contributed by atoms with Crippen molar-refractivity contribution in [2.75, 3.05) is 20.2 Å². The molecule has 0 aliphatic carbocycles. The maximum atomic E-state index is 12.8. The highest BCUT2D eigenvalue weighted by Gasteiger charge is 2.27. The summed E-state index contributed by atoms with van der Waals surface area (Å²) in [5.74, 6) is 2.03. The number of ether oxygens (including phenoxy) is 1. The predicted octanol–water partition coefficient (Wildman–Crippen LogP) is 3.10. The molecule has 1 fully saturated rings. The summed E-state index contributed by atoms with van der Waals surface area (Å²) in [7, 11) is 3.57. The third-order valence-electron chi connectivity index (χ3n) is 4.40. The van der Waals surface area contributed by atoms with Gasteiger partial charge >= 0.3 is 0 Å². The summed E-state index contributed by atoms with van der Waals surface area (Å²) < 4.78 is 7.35. The Kier molecular flexibility index (Phi) is 4.57. The minimum absolute atomic E-state index is 0.0253. The second-order valence-corrected chi connectivity index (χ2v) is 6.24. The fraction of sp³-hybridized carbons (Fsp3) is 0.412. The lowest BCUT2D eigenvalue weighted by Gasteiger charge is -2.32. The lowest BCUT2D eigenvalue weighted by atomic mass is 9.95. The molecule has 0 spiro atoms. The van der Waals surface area contributed by atoms with Crippen molar-refractivity contribution in [3.63, 3.8) is 0 Å². The molecule has 1 saturated heterocycles. The van der Waals surface area contributed by atoms with Crippen LogP contribution in [0.2, 0.25) is 5.02 Å². The van der Waals surface area contributed by atoms with Crippen LogP contribution >= 0.6 is 11.6 Å². The normalized spacial score (nSPS) is 15.7. The van der Waals surface area contributed by atoms with Crippen molar-refractivity contribution >= 4 is 17.5 Å². The van der Waals surface area contributed by atoms with Crippen LogP contribution < -0.4 is 4.74 Å². The molecule has 122 valence electrons. The summed E-state index contributed by atoms with van der Waals surface area (Å²) in [6, 6.07) is 5.13. The first kappa shape index (κ1) is 15.9. The van der Waals surface area contributed by atoms with Gasteiger partial charge in [0.25, 0.3) is 5.91 Å². The van der Waals surface area contributed by atoms with Gasteiger partial charge in [0.2, 0.25) is 0 Å². The molecule has 5 nitrogen and oxygen atoms in total. The average molecular weight is 334 g/mol. The fourth-order valence-electron chi connectivity index (χ4n) is 3.13. The van der Waals surface area contributed by atoms with Gasteiger partial charge in [-0.2, -0.15) is 0 Å². The van der Waals surface area contributed by atoms with E-state index in [-0.39, 0.29) is 5.91 Å². The molecular weight excluding hydrogens is 314 g/mol. The zero-order chi connectivity index (χ0) is 16.4. The molecule has 2 aromatic rings. The highest BCUT2D eigenvalue weighted by molar-refractivity contribution is 6.31. The maximum Gasteiger partial charge on any atom is 0.257 e. The number of nitrogens with zero attached hydrogens (tertiary/aromatic N) is 3. The van der Waals surface area contributed by atoms with Crippen LogP contribution in [-0.4, -0.2) is 40.6 Å². The molecule has 2 heterocycles. The number of carbonyl (C=O) groups is 1.